The lowest BCUT2D eigenvalue weighted by molar-refractivity contribution is -0.161. The molecule has 1 heterocycles. The van der Waals surface area contributed by atoms with E-state index in [-0.39, 0.29) is 19.4 Å². The Morgan fingerprint density at radius 2 is 1.75 bits per heavy atom. The van der Waals surface area contributed by atoms with Crippen molar-refractivity contribution >= 4 is 11.8 Å². The summed E-state index contributed by atoms with van der Waals surface area (Å²) in [6, 6.07) is 6.44. The van der Waals surface area contributed by atoms with Crippen LogP contribution in [0.15, 0.2) is 24.3 Å². The first kappa shape index (κ1) is 18.0. The van der Waals surface area contributed by atoms with Gasteiger partial charge in [-0.3, -0.25) is 14.5 Å². The van der Waals surface area contributed by atoms with E-state index in [1.54, 1.807) is 24.3 Å². The van der Waals surface area contributed by atoms with Crippen LogP contribution in [0.25, 0.3) is 0 Å². The van der Waals surface area contributed by atoms with Crippen LogP contribution in [0, 0.1) is 17.8 Å². The number of fused-ring (bicyclic) bond motifs is 1. The lowest BCUT2D eigenvalue weighted by Crippen LogP contribution is -2.31. The minimum atomic E-state index is -4.54. The second kappa shape index (κ2) is 7.47. The summed E-state index contributed by atoms with van der Waals surface area (Å²) in [6.45, 7) is -0.620. The molecule has 1 aromatic rings. The number of unbranched alkanes of at least 4 members (excludes halogenated alkanes) is 1. The van der Waals surface area contributed by atoms with Crippen LogP contribution in [0.4, 0.5) is 13.2 Å². The molecule has 0 saturated heterocycles. The molecule has 1 aromatic carbocycles. The molecule has 5 nitrogen and oxygen atoms in total. The first-order valence-electron chi connectivity index (χ1n) is 7.23. The second-order valence-electron chi connectivity index (χ2n) is 5.19. The maximum atomic E-state index is 12.6. The number of hydrogen-bond acceptors (Lipinski definition) is 4. The number of imide groups is 1. The van der Waals surface area contributed by atoms with Crippen molar-refractivity contribution in [2.45, 2.75) is 19.0 Å². The van der Waals surface area contributed by atoms with Gasteiger partial charge in [-0.2, -0.15) is 13.2 Å². The average Bonchev–Trinajstić information content (AvgIpc) is 2.77. The van der Waals surface area contributed by atoms with E-state index in [9.17, 15) is 22.8 Å². The molecule has 0 aliphatic carbocycles. The molecule has 0 radical (unpaired) electrons. The Kier molecular flexibility index (Phi) is 5.59. The Balaban J connectivity index is 1.89. The van der Waals surface area contributed by atoms with Crippen LogP contribution >= 0.6 is 0 Å². The van der Waals surface area contributed by atoms with Gasteiger partial charge in [0.15, 0.2) is 0 Å². The zero-order valence-electron chi connectivity index (χ0n) is 12.6. The minimum Gasteiger partial charge on any atom is -0.317 e. The number of nitrogens with one attached hydrogen (secondary N) is 1. The molecular formula is C16H15F3N2O3. The largest absolute Gasteiger partial charge is 0.403 e. The first-order valence-corrected chi connectivity index (χ1v) is 7.23. The van der Waals surface area contributed by atoms with Crippen LogP contribution in [0.2, 0.25) is 0 Å². The molecule has 128 valence electrons. The van der Waals surface area contributed by atoms with Gasteiger partial charge in [-0.05, 0) is 18.6 Å². The number of benzene rings is 1. The molecule has 0 aromatic heterocycles. The van der Waals surface area contributed by atoms with Crippen LogP contribution < -0.4 is 5.48 Å². The van der Waals surface area contributed by atoms with Crippen LogP contribution in [0.1, 0.15) is 33.6 Å². The van der Waals surface area contributed by atoms with Crippen molar-refractivity contribution in [3.05, 3.63) is 35.4 Å². The highest BCUT2D eigenvalue weighted by atomic mass is 19.4. The molecule has 0 spiro atoms. The van der Waals surface area contributed by atoms with E-state index in [4.69, 9.17) is 5.21 Å². The zero-order valence-corrected chi connectivity index (χ0v) is 12.6. The number of carbonyl (C=O) groups excluding carboxylic acids is 2. The third-order valence-corrected chi connectivity index (χ3v) is 3.53. The summed E-state index contributed by atoms with van der Waals surface area (Å²) in [5, 5.41) is 8.39. The molecule has 1 atom stereocenters. The van der Waals surface area contributed by atoms with E-state index in [0.29, 0.717) is 11.1 Å². The van der Waals surface area contributed by atoms with Crippen LogP contribution in [0.3, 0.4) is 0 Å². The van der Waals surface area contributed by atoms with Crippen molar-refractivity contribution in [1.82, 2.24) is 10.4 Å². The molecule has 24 heavy (non-hydrogen) atoms. The molecule has 1 aliphatic rings. The third kappa shape index (κ3) is 3.93. The molecule has 1 unspecified atom stereocenters. The second-order valence-corrected chi connectivity index (χ2v) is 5.19. The van der Waals surface area contributed by atoms with E-state index >= 15 is 0 Å². The Morgan fingerprint density at radius 1 is 1.17 bits per heavy atom. The van der Waals surface area contributed by atoms with Crippen molar-refractivity contribution in [3.8, 4) is 11.8 Å². The summed E-state index contributed by atoms with van der Waals surface area (Å²) in [4.78, 5) is 25.2. The number of amides is 2. The van der Waals surface area contributed by atoms with Gasteiger partial charge in [-0.15, -0.1) is 5.92 Å². The molecule has 0 fully saturated rings. The fourth-order valence-electron chi connectivity index (χ4n) is 2.30. The highest BCUT2D eigenvalue weighted by Gasteiger charge is 2.38. The summed E-state index contributed by atoms with van der Waals surface area (Å²) in [5.74, 6) is 1.65. The standard InChI is InChI=1S/C16H15F3N2O3/c17-16(18,19)11(10-20-24)6-2-1-5-9-21-14(22)12-7-3-4-8-13(12)15(21)23/h3-4,7-8,11,20,24H,1,5,9-10H2. The molecule has 0 saturated carbocycles. The van der Waals surface area contributed by atoms with Gasteiger partial charge in [-0.1, -0.05) is 18.1 Å². The SMILES string of the molecule is O=C1c2ccccc2C(=O)N1CCCC#CC(CNO)C(F)(F)F. The number of hydrogen-bond donors (Lipinski definition) is 2. The fourth-order valence-corrected chi connectivity index (χ4v) is 2.30. The number of halogens is 3. The van der Waals surface area contributed by atoms with Crippen LogP contribution in [-0.4, -0.2) is 41.2 Å². The van der Waals surface area contributed by atoms with Crippen molar-refractivity contribution < 1.29 is 28.0 Å². The summed E-state index contributed by atoms with van der Waals surface area (Å²) in [5.41, 5.74) is 2.13. The van der Waals surface area contributed by atoms with E-state index in [1.807, 2.05) is 5.92 Å². The van der Waals surface area contributed by atoms with Gasteiger partial charge in [0.25, 0.3) is 11.8 Å². The predicted molar refractivity (Wildman–Crippen MR) is 78.2 cm³/mol. The van der Waals surface area contributed by atoms with Gasteiger partial charge in [0.05, 0.1) is 11.1 Å². The number of nitrogens with zero attached hydrogens (tertiary/aromatic N) is 1. The van der Waals surface area contributed by atoms with E-state index in [0.717, 1.165) is 4.90 Å². The van der Waals surface area contributed by atoms with E-state index < -0.39 is 30.5 Å². The first-order chi connectivity index (χ1) is 11.4. The van der Waals surface area contributed by atoms with Gasteiger partial charge in [-0.25, -0.2) is 5.48 Å². The van der Waals surface area contributed by atoms with Gasteiger partial charge >= 0.3 is 6.18 Å². The van der Waals surface area contributed by atoms with Crippen molar-refractivity contribution in [1.29, 1.82) is 0 Å². The number of carbonyl (C=O) groups is 2. The zero-order chi connectivity index (χ0) is 17.7. The highest BCUT2D eigenvalue weighted by Crippen LogP contribution is 2.25. The quantitative estimate of drug-likeness (QED) is 0.373. The monoisotopic (exact) mass is 340 g/mol. The summed E-state index contributed by atoms with van der Waals surface area (Å²) < 4.78 is 37.7. The molecule has 1 aliphatic heterocycles. The molecule has 0 bridgehead atoms. The summed E-state index contributed by atoms with van der Waals surface area (Å²) in [6.07, 6.45) is -4.16. The van der Waals surface area contributed by atoms with Gasteiger partial charge < -0.3 is 5.21 Å². The smallest absolute Gasteiger partial charge is 0.317 e. The Hall–Kier alpha value is -2.37. The maximum absolute atomic E-state index is 12.6. The van der Waals surface area contributed by atoms with Crippen molar-refractivity contribution in [2.75, 3.05) is 13.1 Å². The minimum absolute atomic E-state index is 0.0932. The topological polar surface area (TPSA) is 69.6 Å². The molecule has 2 rings (SSSR count). The fraction of sp³-hybridized carbons (Fsp3) is 0.375. The number of hydroxylamine groups is 1. The summed E-state index contributed by atoms with van der Waals surface area (Å²) in [7, 11) is 0. The Morgan fingerprint density at radius 3 is 2.25 bits per heavy atom. The predicted octanol–water partition coefficient (Wildman–Crippen LogP) is 2.22. The summed E-state index contributed by atoms with van der Waals surface area (Å²) >= 11 is 0. The molecule has 2 N–H and O–H groups in total. The molecular weight excluding hydrogens is 325 g/mol. The van der Waals surface area contributed by atoms with Crippen molar-refractivity contribution in [3.63, 3.8) is 0 Å². The number of alkyl halides is 3. The average molecular weight is 340 g/mol. The lowest BCUT2D eigenvalue weighted by Gasteiger charge is -2.13. The van der Waals surface area contributed by atoms with E-state index in [1.165, 1.54) is 5.48 Å². The molecule has 2 amide bonds. The van der Waals surface area contributed by atoms with E-state index in [2.05, 4.69) is 5.92 Å². The lowest BCUT2D eigenvalue weighted by atomic mass is 10.1. The Labute approximate surface area is 136 Å². The maximum Gasteiger partial charge on any atom is 0.403 e. The third-order valence-electron chi connectivity index (χ3n) is 3.53. The Bertz CT molecular complexity index is 657. The molecule has 8 heteroatoms. The van der Waals surface area contributed by atoms with Gasteiger partial charge in [0, 0.05) is 19.5 Å². The highest BCUT2D eigenvalue weighted by molar-refractivity contribution is 6.21. The van der Waals surface area contributed by atoms with Crippen LogP contribution in [0.5, 0.6) is 0 Å². The normalized spacial score (nSPS) is 15.1. The van der Waals surface area contributed by atoms with Crippen LogP contribution in [-0.2, 0) is 0 Å². The van der Waals surface area contributed by atoms with Crippen molar-refractivity contribution in [2.24, 2.45) is 5.92 Å². The van der Waals surface area contributed by atoms with Gasteiger partial charge in [0.1, 0.15) is 5.92 Å². The van der Waals surface area contributed by atoms with Gasteiger partial charge in [0.2, 0.25) is 0 Å². The number of rotatable bonds is 5.